The average molecular weight is 372 g/mol. The number of esters is 1. The molecule has 146 valence electrons. The van der Waals surface area contributed by atoms with Gasteiger partial charge in [0.15, 0.2) is 0 Å². The standard InChI is InChI=1S/C21H28N2O4/c1-6-15-9-8-10-16(7-2)20(15)22-19(24)13-23(4)12-17-11-18(14(3)27-17)21(25)26-5/h8-11H,6-7,12-13H2,1-5H3,(H,22,24). The zero-order chi connectivity index (χ0) is 20.0. The van der Waals surface area contributed by atoms with E-state index < -0.39 is 5.97 Å². The fourth-order valence-electron chi connectivity index (χ4n) is 3.08. The number of aryl methyl sites for hydroxylation is 3. The van der Waals surface area contributed by atoms with Gasteiger partial charge in [-0.05, 0) is 44.0 Å². The molecule has 1 aromatic heterocycles. The lowest BCUT2D eigenvalue weighted by Gasteiger charge is -2.18. The summed E-state index contributed by atoms with van der Waals surface area (Å²) in [6, 6.07) is 7.77. The third kappa shape index (κ3) is 5.20. The van der Waals surface area contributed by atoms with Crippen LogP contribution in [0, 0.1) is 6.92 Å². The molecule has 27 heavy (non-hydrogen) atoms. The number of ether oxygens (including phenoxy) is 1. The van der Waals surface area contributed by atoms with E-state index in [1.54, 1.807) is 13.0 Å². The normalized spacial score (nSPS) is 10.9. The molecular formula is C21H28N2O4. The van der Waals surface area contributed by atoms with Crippen LogP contribution >= 0.6 is 0 Å². The summed E-state index contributed by atoms with van der Waals surface area (Å²) >= 11 is 0. The Balaban J connectivity index is 2.02. The number of carbonyl (C=O) groups is 2. The number of carbonyl (C=O) groups excluding carboxylic acids is 2. The Kier molecular flexibility index (Phi) is 7.19. The number of para-hydroxylation sites is 1. The lowest BCUT2D eigenvalue weighted by Crippen LogP contribution is -2.30. The molecule has 0 fully saturated rings. The molecule has 0 spiro atoms. The van der Waals surface area contributed by atoms with Gasteiger partial charge in [0.2, 0.25) is 5.91 Å². The van der Waals surface area contributed by atoms with Crippen LogP contribution in [0.3, 0.4) is 0 Å². The number of hydrogen-bond donors (Lipinski definition) is 1. The molecule has 0 aliphatic heterocycles. The van der Waals surface area contributed by atoms with Gasteiger partial charge < -0.3 is 14.5 Å². The summed E-state index contributed by atoms with van der Waals surface area (Å²) in [4.78, 5) is 26.0. The molecule has 0 radical (unpaired) electrons. The van der Waals surface area contributed by atoms with E-state index in [2.05, 4.69) is 19.2 Å². The van der Waals surface area contributed by atoms with Crippen molar-refractivity contribution in [3.8, 4) is 0 Å². The van der Waals surface area contributed by atoms with E-state index in [0.717, 1.165) is 29.7 Å². The van der Waals surface area contributed by atoms with Crippen molar-refractivity contribution in [2.75, 3.05) is 26.0 Å². The summed E-state index contributed by atoms with van der Waals surface area (Å²) in [5.74, 6) is 0.626. The second-order valence-electron chi connectivity index (χ2n) is 6.55. The zero-order valence-electron chi connectivity index (χ0n) is 16.7. The van der Waals surface area contributed by atoms with Gasteiger partial charge in [-0.1, -0.05) is 32.0 Å². The molecule has 0 unspecified atom stereocenters. The molecule has 6 heteroatoms. The first kappa shape index (κ1) is 20.7. The summed E-state index contributed by atoms with van der Waals surface area (Å²) in [6.45, 7) is 6.51. The Morgan fingerprint density at radius 2 is 1.81 bits per heavy atom. The fraction of sp³-hybridized carbons (Fsp3) is 0.429. The third-order valence-electron chi connectivity index (χ3n) is 4.48. The smallest absolute Gasteiger partial charge is 0.341 e. The average Bonchev–Trinajstić information content (AvgIpc) is 3.00. The molecule has 1 N–H and O–H groups in total. The Labute approximate surface area is 160 Å². The van der Waals surface area contributed by atoms with Crippen molar-refractivity contribution in [2.45, 2.75) is 40.2 Å². The minimum Gasteiger partial charge on any atom is -0.465 e. The molecule has 0 saturated heterocycles. The van der Waals surface area contributed by atoms with Crippen LogP contribution in [0.5, 0.6) is 0 Å². The number of anilines is 1. The van der Waals surface area contributed by atoms with Crippen LogP contribution in [-0.2, 0) is 28.9 Å². The van der Waals surface area contributed by atoms with Gasteiger partial charge >= 0.3 is 5.97 Å². The SMILES string of the molecule is CCc1cccc(CC)c1NC(=O)CN(C)Cc1cc(C(=O)OC)c(C)o1. The first-order valence-corrected chi connectivity index (χ1v) is 9.16. The summed E-state index contributed by atoms with van der Waals surface area (Å²) in [7, 11) is 3.17. The van der Waals surface area contributed by atoms with Crippen molar-refractivity contribution in [2.24, 2.45) is 0 Å². The Bertz CT molecular complexity index is 788. The van der Waals surface area contributed by atoms with Crippen molar-refractivity contribution in [3.63, 3.8) is 0 Å². The molecule has 1 aromatic carbocycles. The van der Waals surface area contributed by atoms with Gasteiger partial charge in [0, 0.05) is 5.69 Å². The highest BCUT2D eigenvalue weighted by Crippen LogP contribution is 2.22. The molecule has 2 aromatic rings. The highest BCUT2D eigenvalue weighted by atomic mass is 16.5. The monoisotopic (exact) mass is 372 g/mol. The maximum Gasteiger partial charge on any atom is 0.341 e. The highest BCUT2D eigenvalue weighted by molar-refractivity contribution is 5.94. The number of hydrogen-bond acceptors (Lipinski definition) is 5. The van der Waals surface area contributed by atoms with Crippen LogP contribution in [0.4, 0.5) is 5.69 Å². The Morgan fingerprint density at radius 3 is 2.37 bits per heavy atom. The number of amides is 1. The van der Waals surface area contributed by atoms with E-state index in [1.807, 2.05) is 30.1 Å². The minimum atomic E-state index is -0.425. The number of nitrogens with zero attached hydrogens (tertiary/aromatic N) is 1. The van der Waals surface area contributed by atoms with Crippen molar-refractivity contribution in [3.05, 3.63) is 52.5 Å². The molecule has 1 heterocycles. The van der Waals surface area contributed by atoms with Crippen LogP contribution in [-0.4, -0.2) is 37.5 Å². The fourth-order valence-corrected chi connectivity index (χ4v) is 3.08. The van der Waals surface area contributed by atoms with Crippen LogP contribution in [0.25, 0.3) is 0 Å². The molecular weight excluding hydrogens is 344 g/mol. The molecule has 1 amide bonds. The predicted octanol–water partition coefficient (Wildman–Crippen LogP) is 3.57. The van der Waals surface area contributed by atoms with Crippen molar-refractivity contribution in [1.82, 2.24) is 4.90 Å². The summed E-state index contributed by atoms with van der Waals surface area (Å²) in [5.41, 5.74) is 3.60. The number of benzene rings is 1. The third-order valence-corrected chi connectivity index (χ3v) is 4.48. The van der Waals surface area contributed by atoms with E-state index in [9.17, 15) is 9.59 Å². The van der Waals surface area contributed by atoms with Gasteiger partial charge in [-0.15, -0.1) is 0 Å². The number of nitrogens with one attached hydrogen (secondary N) is 1. The number of rotatable bonds is 8. The molecule has 0 aliphatic carbocycles. The molecule has 0 atom stereocenters. The summed E-state index contributed by atoms with van der Waals surface area (Å²) in [5, 5.41) is 3.06. The molecule has 2 rings (SSSR count). The van der Waals surface area contributed by atoms with Gasteiger partial charge in [0.05, 0.1) is 20.2 Å². The zero-order valence-corrected chi connectivity index (χ0v) is 16.7. The lowest BCUT2D eigenvalue weighted by atomic mass is 10.0. The van der Waals surface area contributed by atoms with E-state index in [4.69, 9.17) is 9.15 Å². The van der Waals surface area contributed by atoms with Gasteiger partial charge in [0.25, 0.3) is 0 Å². The largest absolute Gasteiger partial charge is 0.465 e. The Hall–Kier alpha value is -2.60. The van der Waals surface area contributed by atoms with Gasteiger partial charge in [-0.2, -0.15) is 0 Å². The van der Waals surface area contributed by atoms with Gasteiger partial charge in [-0.3, -0.25) is 9.69 Å². The van der Waals surface area contributed by atoms with Crippen molar-refractivity contribution in [1.29, 1.82) is 0 Å². The minimum absolute atomic E-state index is 0.0791. The predicted molar refractivity (Wildman–Crippen MR) is 105 cm³/mol. The number of furan rings is 1. The van der Waals surface area contributed by atoms with E-state index in [0.29, 0.717) is 23.6 Å². The molecule has 0 aliphatic rings. The van der Waals surface area contributed by atoms with E-state index in [-0.39, 0.29) is 12.5 Å². The molecule has 6 nitrogen and oxygen atoms in total. The first-order valence-electron chi connectivity index (χ1n) is 9.16. The first-order chi connectivity index (χ1) is 12.9. The quantitative estimate of drug-likeness (QED) is 0.717. The lowest BCUT2D eigenvalue weighted by molar-refractivity contribution is -0.117. The number of likely N-dealkylation sites (N-methyl/N-ethyl adjacent to an activating group) is 1. The second kappa shape index (κ2) is 9.37. The van der Waals surface area contributed by atoms with E-state index >= 15 is 0 Å². The van der Waals surface area contributed by atoms with Crippen molar-refractivity contribution >= 4 is 17.6 Å². The van der Waals surface area contributed by atoms with Crippen molar-refractivity contribution < 1.29 is 18.7 Å². The molecule has 0 saturated carbocycles. The van der Waals surface area contributed by atoms with E-state index in [1.165, 1.54) is 7.11 Å². The van der Waals surface area contributed by atoms with Gasteiger partial charge in [0.1, 0.15) is 17.1 Å². The molecule has 0 bridgehead atoms. The summed E-state index contributed by atoms with van der Waals surface area (Å²) in [6.07, 6.45) is 1.72. The van der Waals surface area contributed by atoms with Gasteiger partial charge in [-0.25, -0.2) is 4.79 Å². The van der Waals surface area contributed by atoms with Crippen LogP contribution in [0.1, 0.15) is 46.9 Å². The summed E-state index contributed by atoms with van der Waals surface area (Å²) < 4.78 is 10.3. The highest BCUT2D eigenvalue weighted by Gasteiger charge is 2.17. The Morgan fingerprint density at radius 1 is 1.19 bits per heavy atom. The van der Waals surface area contributed by atoms with Crippen LogP contribution in [0.15, 0.2) is 28.7 Å². The van der Waals surface area contributed by atoms with Crippen LogP contribution < -0.4 is 5.32 Å². The topological polar surface area (TPSA) is 71.8 Å². The van der Waals surface area contributed by atoms with Crippen LogP contribution in [0.2, 0.25) is 0 Å². The maximum absolute atomic E-state index is 12.5. The second-order valence-corrected chi connectivity index (χ2v) is 6.55. The maximum atomic E-state index is 12.5. The number of methoxy groups -OCH3 is 1.